The van der Waals surface area contributed by atoms with Crippen molar-refractivity contribution in [1.82, 2.24) is 4.57 Å². The molecule has 0 saturated heterocycles. The van der Waals surface area contributed by atoms with Crippen LogP contribution in [0.5, 0.6) is 0 Å². The first-order chi connectivity index (χ1) is 16.0. The van der Waals surface area contributed by atoms with Crippen LogP contribution in [0.4, 0.5) is 11.6 Å². The van der Waals surface area contributed by atoms with E-state index in [1.54, 1.807) is 17.6 Å². The van der Waals surface area contributed by atoms with Gasteiger partial charge in [-0.05, 0) is 76.3 Å². The van der Waals surface area contributed by atoms with Gasteiger partial charge in [0.25, 0.3) is 5.91 Å². The van der Waals surface area contributed by atoms with Gasteiger partial charge in [-0.15, -0.1) is 11.3 Å². The molecule has 1 aliphatic carbocycles. The zero-order valence-electron chi connectivity index (χ0n) is 19.1. The molecule has 4 aromatic rings. The zero-order chi connectivity index (χ0) is 22.9. The van der Waals surface area contributed by atoms with E-state index in [1.807, 2.05) is 49.5 Å². The van der Waals surface area contributed by atoms with E-state index in [4.69, 9.17) is 4.42 Å². The van der Waals surface area contributed by atoms with Gasteiger partial charge >= 0.3 is 0 Å². The summed E-state index contributed by atoms with van der Waals surface area (Å²) in [6.07, 6.45) is 7.74. The highest BCUT2D eigenvalue weighted by Crippen LogP contribution is 2.39. The summed E-state index contributed by atoms with van der Waals surface area (Å²) in [5, 5.41) is 4.14. The SMILES string of the molecule is Cc1ccc(NC(=O)c2c(-n3c(C)cc(C=Nc4ccco4)c3C)sc3c2CCCC3)cc1. The van der Waals surface area contributed by atoms with E-state index in [9.17, 15) is 4.79 Å². The summed E-state index contributed by atoms with van der Waals surface area (Å²) in [4.78, 5) is 19.4. The summed E-state index contributed by atoms with van der Waals surface area (Å²) in [5.41, 5.74) is 7.17. The molecule has 5 rings (SSSR count). The monoisotopic (exact) mass is 457 g/mol. The lowest BCUT2D eigenvalue weighted by molar-refractivity contribution is 0.102. The van der Waals surface area contributed by atoms with Crippen molar-refractivity contribution in [3.05, 3.63) is 87.2 Å². The third-order valence-electron chi connectivity index (χ3n) is 6.20. The second-order valence-electron chi connectivity index (χ2n) is 8.58. The molecule has 1 aliphatic rings. The number of aliphatic imine (C=N–C) groups is 1. The van der Waals surface area contributed by atoms with Gasteiger partial charge in [-0.1, -0.05) is 17.7 Å². The number of rotatable bonds is 5. The number of carbonyl (C=O) groups excluding carboxylic acids is 1. The van der Waals surface area contributed by atoms with E-state index >= 15 is 0 Å². The normalized spacial score (nSPS) is 13.4. The number of furan rings is 1. The number of carbonyl (C=O) groups is 1. The maximum atomic E-state index is 13.6. The number of benzene rings is 1. The highest BCUT2D eigenvalue weighted by atomic mass is 32.1. The Morgan fingerprint density at radius 1 is 1.12 bits per heavy atom. The highest BCUT2D eigenvalue weighted by Gasteiger charge is 2.28. The van der Waals surface area contributed by atoms with Crippen molar-refractivity contribution in [3.8, 4) is 5.00 Å². The number of nitrogens with one attached hydrogen (secondary N) is 1. The molecular weight excluding hydrogens is 430 g/mol. The molecule has 0 radical (unpaired) electrons. The Balaban J connectivity index is 1.56. The molecule has 1 amide bonds. The van der Waals surface area contributed by atoms with Crippen molar-refractivity contribution in [1.29, 1.82) is 0 Å². The van der Waals surface area contributed by atoms with E-state index in [-0.39, 0.29) is 5.91 Å². The van der Waals surface area contributed by atoms with Gasteiger partial charge in [0.05, 0.1) is 11.8 Å². The van der Waals surface area contributed by atoms with Gasteiger partial charge < -0.3 is 14.3 Å². The van der Waals surface area contributed by atoms with Gasteiger partial charge in [0, 0.05) is 39.8 Å². The predicted molar refractivity (Wildman–Crippen MR) is 135 cm³/mol. The Bertz CT molecular complexity index is 1320. The Labute approximate surface area is 197 Å². The van der Waals surface area contributed by atoms with Crippen LogP contribution in [0.3, 0.4) is 0 Å². The molecule has 0 fully saturated rings. The van der Waals surface area contributed by atoms with Gasteiger partial charge in [-0.3, -0.25) is 4.79 Å². The maximum absolute atomic E-state index is 13.6. The molecular formula is C27H27N3O2S. The standard InChI is InChI=1S/C27H27N3O2S/c1-17-10-12-21(13-11-17)29-26(31)25-22-7-4-5-8-23(22)33-27(25)30-18(2)15-20(19(30)3)16-28-24-9-6-14-32-24/h6,9-16H,4-5,7-8H2,1-3H3,(H,29,31). The van der Waals surface area contributed by atoms with Crippen LogP contribution in [-0.4, -0.2) is 16.7 Å². The number of nitrogens with zero attached hydrogens (tertiary/aromatic N) is 2. The number of hydrogen-bond acceptors (Lipinski definition) is 4. The number of hydrogen-bond donors (Lipinski definition) is 1. The first kappa shape index (κ1) is 21.5. The van der Waals surface area contributed by atoms with Crippen molar-refractivity contribution in [2.24, 2.45) is 4.99 Å². The van der Waals surface area contributed by atoms with Gasteiger partial charge in [0.1, 0.15) is 5.00 Å². The summed E-state index contributed by atoms with van der Waals surface area (Å²) in [5.74, 6) is 0.538. The minimum atomic E-state index is -0.0356. The molecule has 168 valence electrons. The number of aryl methyl sites for hydroxylation is 3. The highest BCUT2D eigenvalue weighted by molar-refractivity contribution is 7.15. The maximum Gasteiger partial charge on any atom is 0.258 e. The van der Waals surface area contributed by atoms with E-state index in [2.05, 4.69) is 34.8 Å². The average Bonchev–Trinajstić information content (AvgIpc) is 3.51. The molecule has 0 saturated carbocycles. The van der Waals surface area contributed by atoms with Crippen LogP contribution in [-0.2, 0) is 12.8 Å². The molecule has 6 heteroatoms. The quantitative estimate of drug-likeness (QED) is 0.330. The van der Waals surface area contributed by atoms with Gasteiger partial charge in [-0.2, -0.15) is 0 Å². The van der Waals surface area contributed by atoms with E-state index in [0.717, 1.165) is 52.5 Å². The Morgan fingerprint density at radius 2 is 1.91 bits per heavy atom. The van der Waals surface area contributed by atoms with Crippen LogP contribution in [0.1, 0.15) is 56.2 Å². The molecule has 0 atom stereocenters. The molecule has 1 aromatic carbocycles. The summed E-state index contributed by atoms with van der Waals surface area (Å²) < 4.78 is 7.54. The fourth-order valence-electron chi connectivity index (χ4n) is 4.48. The summed E-state index contributed by atoms with van der Waals surface area (Å²) in [7, 11) is 0. The number of amides is 1. The minimum absolute atomic E-state index is 0.0356. The fourth-order valence-corrected chi connectivity index (χ4v) is 5.98. The summed E-state index contributed by atoms with van der Waals surface area (Å²) in [6.45, 7) is 6.21. The van der Waals surface area contributed by atoms with Gasteiger partial charge in [-0.25, -0.2) is 4.99 Å². The van der Waals surface area contributed by atoms with Gasteiger partial charge in [0.2, 0.25) is 5.88 Å². The lowest BCUT2D eigenvalue weighted by Gasteiger charge is -2.14. The molecule has 0 unspecified atom stereocenters. The minimum Gasteiger partial charge on any atom is -0.447 e. The number of anilines is 1. The molecule has 0 bridgehead atoms. The van der Waals surface area contributed by atoms with Crippen LogP contribution in [0.25, 0.3) is 5.00 Å². The lowest BCUT2D eigenvalue weighted by Crippen LogP contribution is -2.17. The molecule has 0 spiro atoms. The fraction of sp³-hybridized carbons (Fsp3) is 0.259. The van der Waals surface area contributed by atoms with Crippen LogP contribution in [0, 0.1) is 20.8 Å². The number of thiophene rings is 1. The van der Waals surface area contributed by atoms with Crippen LogP contribution < -0.4 is 5.32 Å². The van der Waals surface area contributed by atoms with Crippen LogP contribution in [0.15, 0.2) is 58.1 Å². The van der Waals surface area contributed by atoms with E-state index < -0.39 is 0 Å². The molecule has 1 N–H and O–H groups in total. The smallest absolute Gasteiger partial charge is 0.258 e. The van der Waals surface area contributed by atoms with Crippen molar-refractivity contribution < 1.29 is 9.21 Å². The molecule has 0 aliphatic heterocycles. The van der Waals surface area contributed by atoms with Crippen LogP contribution >= 0.6 is 11.3 Å². The average molecular weight is 458 g/mol. The second-order valence-corrected chi connectivity index (χ2v) is 9.67. The van der Waals surface area contributed by atoms with E-state index in [0.29, 0.717) is 5.88 Å². The Hall–Kier alpha value is -3.38. The first-order valence-corrected chi connectivity index (χ1v) is 12.1. The largest absolute Gasteiger partial charge is 0.447 e. The lowest BCUT2D eigenvalue weighted by atomic mass is 9.95. The zero-order valence-corrected chi connectivity index (χ0v) is 20.0. The first-order valence-electron chi connectivity index (χ1n) is 11.3. The second kappa shape index (κ2) is 8.87. The molecule has 33 heavy (non-hydrogen) atoms. The van der Waals surface area contributed by atoms with E-state index in [1.165, 1.54) is 22.4 Å². The third kappa shape index (κ3) is 4.18. The summed E-state index contributed by atoms with van der Waals surface area (Å²) in [6, 6.07) is 13.7. The summed E-state index contributed by atoms with van der Waals surface area (Å²) >= 11 is 1.75. The topological polar surface area (TPSA) is 59.5 Å². The van der Waals surface area contributed by atoms with Crippen molar-refractivity contribution in [3.63, 3.8) is 0 Å². The Morgan fingerprint density at radius 3 is 2.67 bits per heavy atom. The van der Waals surface area contributed by atoms with Crippen molar-refractivity contribution >= 4 is 35.0 Å². The molecule has 3 aromatic heterocycles. The van der Waals surface area contributed by atoms with Crippen LogP contribution in [0.2, 0.25) is 0 Å². The molecule has 5 nitrogen and oxygen atoms in total. The molecule has 3 heterocycles. The van der Waals surface area contributed by atoms with Gasteiger partial charge in [0.15, 0.2) is 0 Å². The Kier molecular flexibility index (Phi) is 5.77. The number of aromatic nitrogens is 1. The third-order valence-corrected chi connectivity index (χ3v) is 7.48. The predicted octanol–water partition coefficient (Wildman–Crippen LogP) is 6.94. The number of fused-ring (bicyclic) bond motifs is 1. The van der Waals surface area contributed by atoms with Crippen molar-refractivity contribution in [2.45, 2.75) is 46.5 Å². The van der Waals surface area contributed by atoms with Crippen molar-refractivity contribution in [2.75, 3.05) is 5.32 Å².